The first kappa shape index (κ1) is 23.1. The quantitative estimate of drug-likeness (QED) is 0.752. The van der Waals surface area contributed by atoms with Crippen molar-refractivity contribution in [2.75, 3.05) is 13.1 Å². The molecular weight excluding hydrogens is 398 g/mol. The Balaban J connectivity index is 0.00000280. The first-order chi connectivity index (χ1) is 12.8. The SMILES string of the molecule is CC1(N)CCCCC1C(=O)NCc1ccc(S(=O)(=O)N2CCCCC2)cc1.Cl. The predicted octanol–water partition coefficient (Wildman–Crippen LogP) is 2.81. The number of benzene rings is 1. The second-order valence-corrected chi connectivity index (χ2v) is 10.1. The number of nitrogens with zero attached hydrogens (tertiary/aromatic N) is 1. The number of sulfonamides is 1. The van der Waals surface area contributed by atoms with E-state index in [9.17, 15) is 13.2 Å². The fraction of sp³-hybridized carbons (Fsp3) is 0.650. The van der Waals surface area contributed by atoms with Crippen LogP contribution >= 0.6 is 12.4 Å². The highest BCUT2D eigenvalue weighted by Crippen LogP contribution is 2.31. The molecule has 1 amide bonds. The summed E-state index contributed by atoms with van der Waals surface area (Å²) < 4.78 is 26.9. The monoisotopic (exact) mass is 429 g/mol. The van der Waals surface area contributed by atoms with Crippen LogP contribution in [0.2, 0.25) is 0 Å². The van der Waals surface area contributed by atoms with Crippen molar-refractivity contribution < 1.29 is 13.2 Å². The van der Waals surface area contributed by atoms with Gasteiger partial charge in [-0.15, -0.1) is 12.4 Å². The number of nitrogens with one attached hydrogen (secondary N) is 1. The van der Waals surface area contributed by atoms with Crippen LogP contribution in [0.5, 0.6) is 0 Å². The molecule has 2 atom stereocenters. The van der Waals surface area contributed by atoms with Crippen LogP contribution in [0.4, 0.5) is 0 Å². The Morgan fingerprint density at radius 1 is 1.14 bits per heavy atom. The normalized spacial score (nSPS) is 26.3. The van der Waals surface area contributed by atoms with Crippen LogP contribution < -0.4 is 11.1 Å². The second-order valence-electron chi connectivity index (χ2n) is 8.13. The molecule has 1 aromatic rings. The predicted molar refractivity (Wildman–Crippen MR) is 113 cm³/mol. The Hall–Kier alpha value is -1.15. The lowest BCUT2D eigenvalue weighted by molar-refractivity contribution is -0.128. The number of rotatable bonds is 5. The summed E-state index contributed by atoms with van der Waals surface area (Å²) in [5.74, 6) is -0.172. The van der Waals surface area contributed by atoms with Crippen LogP contribution in [0.3, 0.4) is 0 Å². The molecule has 8 heteroatoms. The summed E-state index contributed by atoms with van der Waals surface area (Å²) in [6, 6.07) is 6.83. The summed E-state index contributed by atoms with van der Waals surface area (Å²) in [5, 5.41) is 2.97. The molecule has 3 rings (SSSR count). The van der Waals surface area contributed by atoms with Crippen molar-refractivity contribution >= 4 is 28.3 Å². The molecule has 2 fully saturated rings. The summed E-state index contributed by atoms with van der Waals surface area (Å²) >= 11 is 0. The number of piperidine rings is 1. The van der Waals surface area contributed by atoms with E-state index in [0.29, 0.717) is 24.5 Å². The molecule has 2 unspecified atom stereocenters. The molecule has 1 aliphatic heterocycles. The Labute approximate surface area is 174 Å². The van der Waals surface area contributed by atoms with Crippen LogP contribution in [0.15, 0.2) is 29.2 Å². The van der Waals surface area contributed by atoms with E-state index in [1.807, 2.05) is 6.92 Å². The molecular formula is C20H32ClN3O3S. The average molecular weight is 430 g/mol. The first-order valence-electron chi connectivity index (χ1n) is 9.96. The van der Waals surface area contributed by atoms with Gasteiger partial charge in [-0.1, -0.05) is 31.4 Å². The van der Waals surface area contributed by atoms with Gasteiger partial charge in [0.1, 0.15) is 0 Å². The number of hydrogen-bond donors (Lipinski definition) is 2. The zero-order valence-electron chi connectivity index (χ0n) is 16.5. The topological polar surface area (TPSA) is 92.5 Å². The van der Waals surface area contributed by atoms with Gasteiger partial charge in [-0.05, 0) is 50.3 Å². The molecule has 0 bridgehead atoms. The van der Waals surface area contributed by atoms with Crippen LogP contribution in [0.1, 0.15) is 57.4 Å². The number of halogens is 1. The fourth-order valence-corrected chi connectivity index (χ4v) is 5.65. The molecule has 158 valence electrons. The zero-order valence-corrected chi connectivity index (χ0v) is 18.2. The third-order valence-electron chi connectivity index (χ3n) is 5.91. The molecule has 1 aliphatic carbocycles. The lowest BCUT2D eigenvalue weighted by atomic mass is 9.74. The molecule has 1 saturated heterocycles. The summed E-state index contributed by atoms with van der Waals surface area (Å²) in [6.45, 7) is 3.53. The molecule has 28 heavy (non-hydrogen) atoms. The first-order valence-corrected chi connectivity index (χ1v) is 11.4. The zero-order chi connectivity index (χ0) is 19.5. The molecule has 1 aromatic carbocycles. The van der Waals surface area contributed by atoms with Gasteiger partial charge in [-0.2, -0.15) is 4.31 Å². The van der Waals surface area contributed by atoms with Gasteiger partial charge in [0, 0.05) is 25.2 Å². The van der Waals surface area contributed by atoms with Crippen molar-refractivity contribution in [2.24, 2.45) is 11.7 Å². The van der Waals surface area contributed by atoms with Gasteiger partial charge in [0.25, 0.3) is 0 Å². The van der Waals surface area contributed by atoms with Gasteiger partial charge in [-0.25, -0.2) is 8.42 Å². The number of nitrogens with two attached hydrogens (primary N) is 1. The molecule has 3 N–H and O–H groups in total. The van der Waals surface area contributed by atoms with Crippen LogP contribution in [-0.2, 0) is 21.4 Å². The third kappa shape index (κ3) is 5.26. The highest BCUT2D eigenvalue weighted by molar-refractivity contribution is 7.89. The summed E-state index contributed by atoms with van der Waals surface area (Å²) in [5.41, 5.74) is 6.73. The van der Waals surface area contributed by atoms with Gasteiger partial charge in [0.15, 0.2) is 0 Å². The summed E-state index contributed by atoms with van der Waals surface area (Å²) in [7, 11) is -3.41. The highest BCUT2D eigenvalue weighted by atomic mass is 35.5. The maximum absolute atomic E-state index is 12.7. The van der Waals surface area contributed by atoms with E-state index in [1.165, 1.54) is 0 Å². The van der Waals surface area contributed by atoms with Gasteiger partial charge >= 0.3 is 0 Å². The van der Waals surface area contributed by atoms with Crippen LogP contribution in [-0.4, -0.2) is 37.3 Å². The van der Waals surface area contributed by atoms with E-state index >= 15 is 0 Å². The number of carbonyl (C=O) groups excluding carboxylic acids is 1. The van der Waals surface area contributed by atoms with Gasteiger partial charge < -0.3 is 11.1 Å². The number of hydrogen-bond acceptors (Lipinski definition) is 4. The Morgan fingerprint density at radius 3 is 2.39 bits per heavy atom. The van der Waals surface area contributed by atoms with Gasteiger partial charge in [0.2, 0.25) is 15.9 Å². The lowest BCUT2D eigenvalue weighted by Crippen LogP contribution is -2.52. The van der Waals surface area contributed by atoms with E-state index in [2.05, 4.69) is 5.32 Å². The van der Waals surface area contributed by atoms with Gasteiger partial charge in [0.05, 0.1) is 10.8 Å². The van der Waals surface area contributed by atoms with Crippen molar-refractivity contribution in [3.05, 3.63) is 29.8 Å². The van der Waals surface area contributed by atoms with Crippen molar-refractivity contribution in [2.45, 2.75) is 68.8 Å². The average Bonchev–Trinajstić information content (AvgIpc) is 2.67. The van der Waals surface area contributed by atoms with E-state index in [1.54, 1.807) is 28.6 Å². The number of carbonyl (C=O) groups is 1. The largest absolute Gasteiger partial charge is 0.352 e. The van der Waals surface area contributed by atoms with Crippen molar-refractivity contribution in [3.8, 4) is 0 Å². The highest BCUT2D eigenvalue weighted by Gasteiger charge is 2.37. The molecule has 6 nitrogen and oxygen atoms in total. The lowest BCUT2D eigenvalue weighted by Gasteiger charge is -2.37. The molecule has 0 radical (unpaired) electrons. The van der Waals surface area contributed by atoms with E-state index in [4.69, 9.17) is 5.73 Å². The minimum atomic E-state index is -3.41. The Kier molecular flexibility index (Phi) is 7.90. The fourth-order valence-electron chi connectivity index (χ4n) is 4.13. The summed E-state index contributed by atoms with van der Waals surface area (Å²) in [4.78, 5) is 12.8. The third-order valence-corrected chi connectivity index (χ3v) is 7.83. The number of amides is 1. The van der Waals surface area contributed by atoms with Crippen molar-refractivity contribution in [1.82, 2.24) is 9.62 Å². The van der Waals surface area contributed by atoms with E-state index in [-0.39, 0.29) is 24.2 Å². The Bertz CT molecular complexity index is 759. The maximum atomic E-state index is 12.7. The molecule has 2 aliphatic rings. The summed E-state index contributed by atoms with van der Waals surface area (Å²) in [6.07, 6.45) is 6.74. The van der Waals surface area contributed by atoms with Crippen LogP contribution in [0.25, 0.3) is 0 Å². The van der Waals surface area contributed by atoms with E-state index in [0.717, 1.165) is 50.5 Å². The Morgan fingerprint density at radius 2 is 1.79 bits per heavy atom. The molecule has 0 spiro atoms. The minimum absolute atomic E-state index is 0. The molecule has 0 aromatic heterocycles. The second kappa shape index (κ2) is 9.57. The molecule has 1 heterocycles. The van der Waals surface area contributed by atoms with Crippen molar-refractivity contribution in [3.63, 3.8) is 0 Å². The minimum Gasteiger partial charge on any atom is -0.352 e. The van der Waals surface area contributed by atoms with Gasteiger partial charge in [-0.3, -0.25) is 4.79 Å². The standard InChI is InChI=1S/C20H31N3O3S.ClH/c1-20(21)12-4-3-7-18(20)19(24)22-15-16-8-10-17(11-9-16)27(25,26)23-13-5-2-6-14-23;/h8-11,18H,2-7,12-15,21H2,1H3,(H,22,24);1H. The van der Waals surface area contributed by atoms with Crippen molar-refractivity contribution in [1.29, 1.82) is 0 Å². The molecule has 1 saturated carbocycles. The smallest absolute Gasteiger partial charge is 0.243 e. The maximum Gasteiger partial charge on any atom is 0.243 e. The van der Waals surface area contributed by atoms with E-state index < -0.39 is 15.6 Å². The van der Waals surface area contributed by atoms with Crippen LogP contribution in [0, 0.1) is 5.92 Å².